The first-order chi connectivity index (χ1) is 14.9. The van der Waals surface area contributed by atoms with E-state index in [1.54, 1.807) is 48.7 Å². The summed E-state index contributed by atoms with van der Waals surface area (Å²) in [7, 11) is -3.85. The molecular formula is C23H24N4O3S. The van der Waals surface area contributed by atoms with E-state index in [0.717, 1.165) is 11.1 Å². The van der Waals surface area contributed by atoms with Crippen molar-refractivity contribution in [1.29, 1.82) is 0 Å². The molecule has 0 radical (unpaired) electrons. The molecule has 31 heavy (non-hydrogen) atoms. The summed E-state index contributed by atoms with van der Waals surface area (Å²) in [4.78, 5) is 16.7. The molecule has 1 heterocycles. The van der Waals surface area contributed by atoms with Gasteiger partial charge in [0.25, 0.3) is 5.91 Å². The molecule has 0 aliphatic heterocycles. The van der Waals surface area contributed by atoms with E-state index in [2.05, 4.69) is 15.5 Å². The number of rotatable bonds is 9. The highest BCUT2D eigenvalue weighted by atomic mass is 32.2. The van der Waals surface area contributed by atoms with Gasteiger partial charge < -0.3 is 0 Å². The molecule has 7 nitrogen and oxygen atoms in total. The Morgan fingerprint density at radius 3 is 2.42 bits per heavy atom. The molecule has 0 saturated heterocycles. The maximum absolute atomic E-state index is 13.2. The number of nitrogens with one attached hydrogen (secondary N) is 1. The van der Waals surface area contributed by atoms with Crippen molar-refractivity contribution in [3.63, 3.8) is 0 Å². The van der Waals surface area contributed by atoms with Gasteiger partial charge >= 0.3 is 0 Å². The Hall–Kier alpha value is -3.36. The largest absolute Gasteiger partial charge is 0.272 e. The molecule has 1 amide bonds. The molecule has 1 N–H and O–H groups in total. The highest BCUT2D eigenvalue weighted by Gasteiger charge is 2.26. The minimum Gasteiger partial charge on any atom is -0.272 e. The highest BCUT2D eigenvalue weighted by Crippen LogP contribution is 2.17. The molecule has 0 aliphatic carbocycles. The summed E-state index contributed by atoms with van der Waals surface area (Å²) in [5, 5.41) is 3.87. The zero-order chi connectivity index (χ0) is 22.1. The summed E-state index contributed by atoms with van der Waals surface area (Å²) in [6.45, 7) is 1.71. The Morgan fingerprint density at radius 1 is 1.03 bits per heavy atom. The summed E-state index contributed by atoms with van der Waals surface area (Å²) < 4.78 is 27.6. The third-order valence-corrected chi connectivity index (χ3v) is 6.40. The maximum Gasteiger partial charge on any atom is 0.255 e. The number of carbonyl (C=O) groups excluding carboxylic acids is 1. The Bertz CT molecular complexity index is 1120. The molecule has 0 saturated carbocycles. The quantitative estimate of drug-likeness (QED) is 0.412. The van der Waals surface area contributed by atoms with Gasteiger partial charge in [0.15, 0.2) is 0 Å². The van der Waals surface area contributed by atoms with E-state index in [1.807, 2.05) is 37.3 Å². The van der Waals surface area contributed by atoms with Gasteiger partial charge in [0, 0.05) is 12.7 Å². The molecule has 3 rings (SSSR count). The number of nitrogens with zero attached hydrogens (tertiary/aromatic N) is 3. The number of sulfonamides is 1. The first kappa shape index (κ1) is 22.3. The number of aryl methyl sites for hydroxylation is 1. The summed E-state index contributed by atoms with van der Waals surface area (Å²) in [5.74, 6) is -0.532. The highest BCUT2D eigenvalue weighted by molar-refractivity contribution is 7.89. The number of carbonyl (C=O) groups is 1. The molecule has 0 unspecified atom stereocenters. The number of pyridine rings is 1. The van der Waals surface area contributed by atoms with Gasteiger partial charge in [0.05, 0.1) is 23.3 Å². The number of hydrazone groups is 1. The summed E-state index contributed by atoms with van der Waals surface area (Å²) in [6, 6.07) is 21.4. The lowest BCUT2D eigenvalue weighted by atomic mass is 10.1. The SMILES string of the molecule is Cc1ccc(S(=O)(=O)N(CCc2ccccc2)CC(=O)N/N=C/c2ccccn2)cc1. The fourth-order valence-corrected chi connectivity index (χ4v) is 4.26. The van der Waals surface area contributed by atoms with Crippen molar-refractivity contribution in [2.45, 2.75) is 18.2 Å². The van der Waals surface area contributed by atoms with Crippen LogP contribution in [0.1, 0.15) is 16.8 Å². The van der Waals surface area contributed by atoms with Crippen molar-refractivity contribution in [3.05, 3.63) is 95.8 Å². The van der Waals surface area contributed by atoms with Gasteiger partial charge in [0.1, 0.15) is 0 Å². The van der Waals surface area contributed by atoms with Crippen molar-refractivity contribution in [2.75, 3.05) is 13.1 Å². The Balaban J connectivity index is 1.73. The van der Waals surface area contributed by atoms with Crippen LogP contribution in [0.5, 0.6) is 0 Å². The van der Waals surface area contributed by atoms with Gasteiger partial charge in [0.2, 0.25) is 10.0 Å². The zero-order valence-electron chi connectivity index (χ0n) is 17.2. The monoisotopic (exact) mass is 436 g/mol. The molecule has 0 bridgehead atoms. The third-order valence-electron chi connectivity index (χ3n) is 4.55. The second-order valence-electron chi connectivity index (χ2n) is 6.94. The number of benzene rings is 2. The van der Waals surface area contributed by atoms with E-state index in [-0.39, 0.29) is 18.0 Å². The second-order valence-corrected chi connectivity index (χ2v) is 8.87. The zero-order valence-corrected chi connectivity index (χ0v) is 18.0. The minimum atomic E-state index is -3.85. The van der Waals surface area contributed by atoms with Gasteiger partial charge in [-0.05, 0) is 43.2 Å². The third kappa shape index (κ3) is 6.56. The molecule has 1 aromatic heterocycles. The lowest BCUT2D eigenvalue weighted by molar-refractivity contribution is -0.121. The Morgan fingerprint density at radius 2 is 1.74 bits per heavy atom. The smallest absolute Gasteiger partial charge is 0.255 e. The summed E-state index contributed by atoms with van der Waals surface area (Å²) >= 11 is 0. The lowest BCUT2D eigenvalue weighted by Gasteiger charge is -2.21. The molecule has 3 aromatic rings. The van der Waals surface area contributed by atoms with E-state index >= 15 is 0 Å². The van der Waals surface area contributed by atoms with E-state index < -0.39 is 15.9 Å². The summed E-state index contributed by atoms with van der Waals surface area (Å²) in [6.07, 6.45) is 3.50. The molecule has 2 aromatic carbocycles. The van der Waals surface area contributed by atoms with Crippen molar-refractivity contribution in [2.24, 2.45) is 5.10 Å². The molecule has 0 atom stereocenters. The van der Waals surface area contributed by atoms with Crippen LogP contribution in [0, 0.1) is 6.92 Å². The molecule has 0 spiro atoms. The Labute approximate surface area is 182 Å². The first-order valence-corrected chi connectivity index (χ1v) is 11.2. The maximum atomic E-state index is 13.2. The van der Waals surface area contributed by atoms with Crippen LogP contribution in [-0.4, -0.2) is 42.9 Å². The van der Waals surface area contributed by atoms with Gasteiger partial charge in [-0.1, -0.05) is 54.1 Å². The molecule has 0 fully saturated rings. The van der Waals surface area contributed by atoms with Crippen LogP contribution in [0.25, 0.3) is 0 Å². The Kier molecular flexibility index (Phi) is 7.64. The van der Waals surface area contributed by atoms with Crippen molar-refractivity contribution in [3.8, 4) is 0 Å². The van der Waals surface area contributed by atoms with Crippen LogP contribution in [0.2, 0.25) is 0 Å². The molecule has 160 valence electrons. The average Bonchev–Trinajstić information content (AvgIpc) is 2.78. The van der Waals surface area contributed by atoms with Gasteiger partial charge in [-0.15, -0.1) is 0 Å². The van der Waals surface area contributed by atoms with Crippen LogP contribution in [-0.2, 0) is 21.2 Å². The van der Waals surface area contributed by atoms with Crippen LogP contribution >= 0.6 is 0 Å². The van der Waals surface area contributed by atoms with E-state index in [9.17, 15) is 13.2 Å². The fraction of sp³-hybridized carbons (Fsp3) is 0.174. The van der Waals surface area contributed by atoms with E-state index in [4.69, 9.17) is 0 Å². The molecule has 8 heteroatoms. The molecular weight excluding hydrogens is 412 g/mol. The van der Waals surface area contributed by atoms with Crippen LogP contribution in [0.15, 0.2) is 89.0 Å². The van der Waals surface area contributed by atoms with Crippen LogP contribution < -0.4 is 5.43 Å². The van der Waals surface area contributed by atoms with Crippen molar-refractivity contribution < 1.29 is 13.2 Å². The van der Waals surface area contributed by atoms with Gasteiger partial charge in [-0.2, -0.15) is 9.41 Å². The number of hydrogen-bond acceptors (Lipinski definition) is 5. The van der Waals surface area contributed by atoms with Gasteiger partial charge in [-0.3, -0.25) is 9.78 Å². The van der Waals surface area contributed by atoms with Gasteiger partial charge in [-0.25, -0.2) is 13.8 Å². The first-order valence-electron chi connectivity index (χ1n) is 9.79. The van der Waals surface area contributed by atoms with Crippen molar-refractivity contribution >= 4 is 22.1 Å². The minimum absolute atomic E-state index is 0.149. The molecule has 0 aliphatic rings. The normalized spacial score (nSPS) is 11.7. The van der Waals surface area contributed by atoms with E-state index in [1.165, 1.54) is 10.5 Å². The van der Waals surface area contributed by atoms with Crippen molar-refractivity contribution in [1.82, 2.24) is 14.7 Å². The van der Waals surface area contributed by atoms with Crippen LogP contribution in [0.4, 0.5) is 0 Å². The van der Waals surface area contributed by atoms with Crippen LogP contribution in [0.3, 0.4) is 0 Å². The topological polar surface area (TPSA) is 91.7 Å². The predicted octanol–water partition coefficient (Wildman–Crippen LogP) is 2.77. The summed E-state index contributed by atoms with van der Waals surface area (Å²) in [5.41, 5.74) is 4.90. The predicted molar refractivity (Wildman–Crippen MR) is 120 cm³/mol. The average molecular weight is 437 g/mol. The second kappa shape index (κ2) is 10.6. The number of amides is 1. The standard InChI is InChI=1S/C23H24N4O3S/c1-19-10-12-22(13-11-19)31(29,30)27(16-14-20-7-3-2-4-8-20)18-23(28)26-25-17-21-9-5-6-15-24-21/h2-13,15,17H,14,16,18H2,1H3,(H,26,28)/b25-17+. The number of hydrogen-bond donors (Lipinski definition) is 1. The fourth-order valence-electron chi connectivity index (χ4n) is 2.86. The van der Waals surface area contributed by atoms with E-state index in [0.29, 0.717) is 12.1 Å². The number of aromatic nitrogens is 1. The lowest BCUT2D eigenvalue weighted by Crippen LogP contribution is -2.40.